The van der Waals surface area contributed by atoms with Crippen molar-refractivity contribution in [1.82, 2.24) is 10.6 Å². The third-order valence-corrected chi connectivity index (χ3v) is 2.76. The van der Waals surface area contributed by atoms with Crippen LogP contribution in [-0.4, -0.2) is 25.6 Å². The van der Waals surface area contributed by atoms with E-state index in [1.54, 1.807) is 26.1 Å². The Hall–Kier alpha value is -1.62. The number of benzene rings is 1. The van der Waals surface area contributed by atoms with E-state index in [0.717, 1.165) is 0 Å². The van der Waals surface area contributed by atoms with Crippen LogP contribution in [0.15, 0.2) is 18.2 Å². The summed E-state index contributed by atoms with van der Waals surface area (Å²) < 4.78 is 19.3. The van der Waals surface area contributed by atoms with Gasteiger partial charge in [0.25, 0.3) is 5.91 Å². The molecule has 0 aliphatic carbocycles. The number of para-hydroxylation sites is 1. The van der Waals surface area contributed by atoms with E-state index < -0.39 is 11.9 Å². The van der Waals surface area contributed by atoms with Crippen molar-refractivity contribution in [3.8, 4) is 5.75 Å². The van der Waals surface area contributed by atoms with E-state index >= 15 is 0 Å². The molecule has 0 saturated heterocycles. The van der Waals surface area contributed by atoms with Crippen molar-refractivity contribution in [3.63, 3.8) is 0 Å². The number of hydrogen-bond donors (Lipinski definition) is 2. The summed E-state index contributed by atoms with van der Waals surface area (Å²) in [6, 6.07) is 4.72. The fraction of sp³-hybridized carbons (Fsp3) is 0.533. The van der Waals surface area contributed by atoms with Crippen molar-refractivity contribution < 1.29 is 13.9 Å². The molecule has 2 N–H and O–H groups in total. The van der Waals surface area contributed by atoms with Gasteiger partial charge >= 0.3 is 0 Å². The Bertz CT molecular complexity index is 449. The minimum Gasteiger partial charge on any atom is -0.477 e. The molecule has 1 aromatic rings. The first-order valence-electron chi connectivity index (χ1n) is 6.82. The van der Waals surface area contributed by atoms with Crippen LogP contribution >= 0.6 is 0 Å². The molecule has 0 bridgehead atoms. The maximum Gasteiger partial charge on any atom is 0.260 e. The van der Waals surface area contributed by atoms with E-state index in [1.807, 2.05) is 13.8 Å². The molecule has 0 aromatic heterocycles. The Kier molecular flexibility index (Phi) is 6.45. The Balaban J connectivity index is 2.74. The van der Waals surface area contributed by atoms with E-state index in [2.05, 4.69) is 10.6 Å². The Morgan fingerprint density at radius 3 is 2.65 bits per heavy atom. The molecule has 112 valence electrons. The van der Waals surface area contributed by atoms with Crippen molar-refractivity contribution >= 4 is 5.91 Å². The summed E-state index contributed by atoms with van der Waals surface area (Å²) in [5.41, 5.74) is 0.691. The van der Waals surface area contributed by atoms with Crippen LogP contribution in [0, 0.1) is 11.7 Å². The van der Waals surface area contributed by atoms with Crippen LogP contribution in [0.4, 0.5) is 4.39 Å². The van der Waals surface area contributed by atoms with Crippen LogP contribution in [0.1, 0.15) is 26.3 Å². The van der Waals surface area contributed by atoms with E-state index in [-0.39, 0.29) is 11.7 Å². The van der Waals surface area contributed by atoms with Crippen LogP contribution in [0.2, 0.25) is 0 Å². The summed E-state index contributed by atoms with van der Waals surface area (Å²) in [7, 11) is 1.77. The van der Waals surface area contributed by atoms with E-state index in [0.29, 0.717) is 24.6 Å². The molecular weight excluding hydrogens is 259 g/mol. The average molecular weight is 282 g/mol. The topological polar surface area (TPSA) is 50.4 Å². The third-order valence-electron chi connectivity index (χ3n) is 2.76. The number of halogens is 1. The third kappa shape index (κ3) is 4.81. The first-order chi connectivity index (χ1) is 9.45. The lowest BCUT2D eigenvalue weighted by Crippen LogP contribution is -2.38. The fourth-order valence-corrected chi connectivity index (χ4v) is 1.69. The van der Waals surface area contributed by atoms with Gasteiger partial charge in [-0.25, -0.2) is 4.39 Å². The van der Waals surface area contributed by atoms with Gasteiger partial charge < -0.3 is 15.4 Å². The SMILES string of the molecule is CNCc1cccc(F)c1OC(C)C(=O)NCC(C)C. The lowest BCUT2D eigenvalue weighted by Gasteiger charge is -2.18. The normalized spacial score (nSPS) is 12.3. The Labute approximate surface area is 119 Å². The summed E-state index contributed by atoms with van der Waals surface area (Å²) >= 11 is 0. The fourth-order valence-electron chi connectivity index (χ4n) is 1.69. The standard InChI is InChI=1S/C15H23FN2O2/c1-10(2)8-18-15(19)11(3)20-14-12(9-17-4)6-5-7-13(14)16/h5-7,10-11,17H,8-9H2,1-4H3,(H,18,19). The molecule has 1 aromatic carbocycles. The quantitative estimate of drug-likeness (QED) is 0.805. The highest BCUT2D eigenvalue weighted by Crippen LogP contribution is 2.23. The van der Waals surface area contributed by atoms with Gasteiger partial charge in [0.2, 0.25) is 0 Å². The number of ether oxygens (including phenoxy) is 1. The van der Waals surface area contributed by atoms with Gasteiger partial charge in [-0.3, -0.25) is 4.79 Å². The second kappa shape index (κ2) is 7.85. The maximum absolute atomic E-state index is 13.8. The van der Waals surface area contributed by atoms with Gasteiger partial charge in [0.15, 0.2) is 17.7 Å². The number of rotatable bonds is 7. The van der Waals surface area contributed by atoms with Crippen LogP contribution in [0.3, 0.4) is 0 Å². The minimum absolute atomic E-state index is 0.133. The molecule has 4 nitrogen and oxygen atoms in total. The van der Waals surface area contributed by atoms with Crippen molar-refractivity contribution in [1.29, 1.82) is 0 Å². The molecule has 5 heteroatoms. The monoisotopic (exact) mass is 282 g/mol. The molecule has 1 atom stereocenters. The molecule has 1 unspecified atom stereocenters. The van der Waals surface area contributed by atoms with Crippen LogP contribution in [0.25, 0.3) is 0 Å². The molecule has 1 rings (SSSR count). The van der Waals surface area contributed by atoms with Crippen LogP contribution < -0.4 is 15.4 Å². The zero-order valence-corrected chi connectivity index (χ0v) is 12.5. The highest BCUT2D eigenvalue weighted by Gasteiger charge is 2.18. The summed E-state index contributed by atoms with van der Waals surface area (Å²) in [6.45, 7) is 6.69. The number of carbonyl (C=O) groups is 1. The van der Waals surface area contributed by atoms with E-state index in [4.69, 9.17) is 4.74 Å². The van der Waals surface area contributed by atoms with Gasteiger partial charge in [-0.05, 0) is 26.0 Å². The van der Waals surface area contributed by atoms with Gasteiger partial charge in [0, 0.05) is 18.7 Å². The predicted molar refractivity (Wildman–Crippen MR) is 77.1 cm³/mol. The van der Waals surface area contributed by atoms with Gasteiger partial charge in [0.05, 0.1) is 0 Å². The number of hydrogen-bond acceptors (Lipinski definition) is 3. The van der Waals surface area contributed by atoms with Gasteiger partial charge in [-0.15, -0.1) is 0 Å². The summed E-state index contributed by atoms with van der Waals surface area (Å²) in [6.07, 6.45) is -0.735. The first kappa shape index (κ1) is 16.4. The molecule has 0 aliphatic rings. The van der Waals surface area contributed by atoms with Crippen molar-refractivity contribution in [3.05, 3.63) is 29.6 Å². The van der Waals surface area contributed by atoms with Gasteiger partial charge in [-0.1, -0.05) is 26.0 Å². The maximum atomic E-state index is 13.8. The number of nitrogens with one attached hydrogen (secondary N) is 2. The number of amides is 1. The number of carbonyl (C=O) groups excluding carboxylic acids is 1. The van der Waals surface area contributed by atoms with E-state index in [1.165, 1.54) is 6.07 Å². The highest BCUT2D eigenvalue weighted by atomic mass is 19.1. The molecule has 0 fully saturated rings. The zero-order chi connectivity index (χ0) is 15.1. The van der Waals surface area contributed by atoms with Crippen molar-refractivity contribution in [2.24, 2.45) is 5.92 Å². The molecule has 0 radical (unpaired) electrons. The van der Waals surface area contributed by atoms with Crippen molar-refractivity contribution in [2.45, 2.75) is 33.4 Å². The second-order valence-corrected chi connectivity index (χ2v) is 5.16. The summed E-state index contributed by atoms with van der Waals surface area (Å²) in [5, 5.41) is 5.72. The summed E-state index contributed by atoms with van der Waals surface area (Å²) in [5.74, 6) is -0.202. The van der Waals surface area contributed by atoms with Gasteiger partial charge in [0.1, 0.15) is 0 Å². The summed E-state index contributed by atoms with van der Waals surface area (Å²) in [4.78, 5) is 11.9. The largest absolute Gasteiger partial charge is 0.477 e. The van der Waals surface area contributed by atoms with Crippen molar-refractivity contribution in [2.75, 3.05) is 13.6 Å². The average Bonchev–Trinajstić information content (AvgIpc) is 2.40. The smallest absolute Gasteiger partial charge is 0.260 e. The van der Waals surface area contributed by atoms with E-state index in [9.17, 15) is 9.18 Å². The van der Waals surface area contributed by atoms with Gasteiger partial charge in [-0.2, -0.15) is 0 Å². The molecule has 0 aliphatic heterocycles. The highest BCUT2D eigenvalue weighted by molar-refractivity contribution is 5.80. The molecular formula is C15H23FN2O2. The zero-order valence-electron chi connectivity index (χ0n) is 12.5. The molecule has 0 heterocycles. The first-order valence-corrected chi connectivity index (χ1v) is 6.82. The minimum atomic E-state index is -0.735. The Morgan fingerprint density at radius 1 is 1.35 bits per heavy atom. The van der Waals surface area contributed by atoms with Crippen LogP contribution in [-0.2, 0) is 11.3 Å². The molecule has 1 amide bonds. The molecule has 20 heavy (non-hydrogen) atoms. The predicted octanol–water partition coefficient (Wildman–Crippen LogP) is 2.08. The lowest BCUT2D eigenvalue weighted by atomic mass is 10.2. The van der Waals surface area contributed by atoms with Crippen LogP contribution in [0.5, 0.6) is 5.75 Å². The molecule has 0 spiro atoms. The lowest BCUT2D eigenvalue weighted by molar-refractivity contribution is -0.127. The second-order valence-electron chi connectivity index (χ2n) is 5.16. The molecule has 0 saturated carbocycles. The Morgan fingerprint density at radius 2 is 2.05 bits per heavy atom.